The molecule has 6 rings (SSSR count). The number of Topliss-reactive ketones (excluding diaryl/α,β-unsaturated/α-hetero) is 1. The van der Waals surface area contributed by atoms with Gasteiger partial charge in [-0.25, -0.2) is 0 Å². The SMILES string of the molecule is C=C1C(=O)[C@]23CC1C[C@@H](OC(C)=O)[C@H]2[C@]12CCCC(C)(C)[C@H]1[C@H](O)C3(O)OC2. The number of carbonyl (C=O) groups excluding carboxylic acids is 2. The fourth-order valence-corrected chi connectivity index (χ4v) is 8.28. The van der Waals surface area contributed by atoms with Gasteiger partial charge in [0.2, 0.25) is 5.79 Å². The lowest BCUT2D eigenvalue weighted by Crippen LogP contribution is -2.83. The van der Waals surface area contributed by atoms with Gasteiger partial charge in [-0.15, -0.1) is 0 Å². The number of hydrogen-bond acceptors (Lipinski definition) is 6. The summed E-state index contributed by atoms with van der Waals surface area (Å²) in [5.41, 5.74) is -1.53. The van der Waals surface area contributed by atoms with Gasteiger partial charge in [-0.05, 0) is 42.6 Å². The summed E-state index contributed by atoms with van der Waals surface area (Å²) in [4.78, 5) is 25.5. The van der Waals surface area contributed by atoms with Crippen LogP contribution in [0.15, 0.2) is 12.2 Å². The topological polar surface area (TPSA) is 93.1 Å². The van der Waals surface area contributed by atoms with E-state index in [1.807, 2.05) is 0 Å². The average Bonchev–Trinajstić information content (AvgIpc) is 2.78. The van der Waals surface area contributed by atoms with Gasteiger partial charge in [-0.3, -0.25) is 9.59 Å². The molecule has 0 amide bonds. The van der Waals surface area contributed by atoms with E-state index in [0.717, 1.165) is 19.3 Å². The Morgan fingerprint density at radius 1 is 1.29 bits per heavy atom. The molecule has 6 heteroatoms. The average molecular weight is 390 g/mol. The van der Waals surface area contributed by atoms with E-state index in [1.165, 1.54) is 6.92 Å². The molecule has 4 aliphatic carbocycles. The number of rotatable bonds is 1. The maximum atomic E-state index is 13.6. The molecule has 6 fully saturated rings. The van der Waals surface area contributed by atoms with Crippen molar-refractivity contribution in [3.8, 4) is 0 Å². The van der Waals surface area contributed by atoms with Crippen LogP contribution in [0.1, 0.15) is 52.9 Å². The van der Waals surface area contributed by atoms with Gasteiger partial charge in [0.15, 0.2) is 5.78 Å². The lowest BCUT2D eigenvalue weighted by Gasteiger charge is -2.73. The van der Waals surface area contributed by atoms with Crippen molar-refractivity contribution in [2.45, 2.75) is 70.9 Å². The quantitative estimate of drug-likeness (QED) is 0.525. The lowest BCUT2D eigenvalue weighted by molar-refractivity contribution is -0.445. The summed E-state index contributed by atoms with van der Waals surface area (Å²) in [5.74, 6) is -3.29. The largest absolute Gasteiger partial charge is 0.462 e. The molecule has 2 aliphatic heterocycles. The molecule has 2 N–H and O–H groups in total. The Morgan fingerprint density at radius 3 is 2.68 bits per heavy atom. The van der Waals surface area contributed by atoms with E-state index in [1.54, 1.807) is 0 Å². The predicted molar refractivity (Wildman–Crippen MR) is 98.8 cm³/mol. The zero-order valence-electron chi connectivity index (χ0n) is 16.9. The van der Waals surface area contributed by atoms with E-state index in [9.17, 15) is 19.8 Å². The monoisotopic (exact) mass is 390 g/mol. The first-order valence-corrected chi connectivity index (χ1v) is 10.5. The zero-order valence-corrected chi connectivity index (χ0v) is 16.9. The van der Waals surface area contributed by atoms with Crippen LogP contribution in [-0.4, -0.2) is 46.6 Å². The highest BCUT2D eigenvalue weighted by atomic mass is 16.6. The highest BCUT2D eigenvalue weighted by Gasteiger charge is 2.84. The van der Waals surface area contributed by atoms with Crippen LogP contribution in [0, 0.1) is 34.0 Å². The summed E-state index contributed by atoms with van der Waals surface area (Å²) >= 11 is 0. The fraction of sp³-hybridized carbons (Fsp3) is 0.818. The maximum Gasteiger partial charge on any atom is 0.302 e. The minimum atomic E-state index is -1.97. The molecule has 6 nitrogen and oxygen atoms in total. The molecule has 2 spiro atoms. The van der Waals surface area contributed by atoms with Crippen molar-refractivity contribution in [1.82, 2.24) is 0 Å². The molecule has 0 aromatic heterocycles. The van der Waals surface area contributed by atoms with Gasteiger partial charge in [0, 0.05) is 24.2 Å². The number of carbonyl (C=O) groups is 2. The van der Waals surface area contributed by atoms with E-state index in [0.29, 0.717) is 18.4 Å². The second-order valence-corrected chi connectivity index (χ2v) is 10.6. The fourth-order valence-electron chi connectivity index (χ4n) is 8.28. The number of allylic oxidation sites excluding steroid dienone is 1. The van der Waals surface area contributed by atoms with Crippen LogP contribution in [0.25, 0.3) is 0 Å². The number of aliphatic hydroxyl groups excluding tert-OH is 1. The number of fused-ring (bicyclic) bond motifs is 2. The molecule has 2 unspecified atom stereocenters. The van der Waals surface area contributed by atoms with Crippen LogP contribution < -0.4 is 0 Å². The molecule has 28 heavy (non-hydrogen) atoms. The second-order valence-electron chi connectivity index (χ2n) is 10.6. The highest BCUT2D eigenvalue weighted by molar-refractivity contribution is 6.04. The van der Waals surface area contributed by atoms with Crippen molar-refractivity contribution in [2.24, 2.45) is 34.0 Å². The summed E-state index contributed by atoms with van der Waals surface area (Å²) in [5, 5.41) is 23.2. The highest BCUT2D eigenvalue weighted by Crippen LogP contribution is 2.76. The van der Waals surface area contributed by atoms with Crippen LogP contribution >= 0.6 is 0 Å². The zero-order chi connectivity index (χ0) is 20.3. The van der Waals surface area contributed by atoms with Gasteiger partial charge in [-0.2, -0.15) is 0 Å². The van der Waals surface area contributed by atoms with Crippen molar-refractivity contribution in [2.75, 3.05) is 6.61 Å². The third-order valence-electron chi connectivity index (χ3n) is 8.96. The third-order valence-corrected chi connectivity index (χ3v) is 8.96. The molecular weight excluding hydrogens is 360 g/mol. The molecule has 0 aromatic rings. The molecule has 154 valence electrons. The van der Waals surface area contributed by atoms with Gasteiger partial charge < -0.3 is 19.7 Å². The Morgan fingerprint density at radius 2 is 2.00 bits per heavy atom. The van der Waals surface area contributed by atoms with E-state index in [2.05, 4.69) is 20.4 Å². The van der Waals surface area contributed by atoms with E-state index in [4.69, 9.17) is 9.47 Å². The normalized spacial score (nSPS) is 53.5. The molecule has 4 saturated carbocycles. The van der Waals surface area contributed by atoms with Crippen LogP contribution in [0.4, 0.5) is 0 Å². The predicted octanol–water partition coefficient (Wildman–Crippen LogP) is 1.98. The van der Waals surface area contributed by atoms with Crippen molar-refractivity contribution >= 4 is 11.8 Å². The van der Waals surface area contributed by atoms with E-state index < -0.39 is 28.8 Å². The molecule has 2 heterocycles. The Balaban J connectivity index is 1.77. The maximum absolute atomic E-state index is 13.6. The Labute approximate surface area is 165 Å². The molecule has 0 radical (unpaired) electrons. The summed E-state index contributed by atoms with van der Waals surface area (Å²) in [6.45, 7) is 9.93. The number of aliphatic hydroxyl groups is 2. The van der Waals surface area contributed by atoms with E-state index in [-0.39, 0.29) is 41.5 Å². The molecule has 6 aliphatic rings. The first-order chi connectivity index (χ1) is 13.0. The van der Waals surface area contributed by atoms with Crippen molar-refractivity contribution in [3.05, 3.63) is 12.2 Å². The lowest BCUT2D eigenvalue weighted by atomic mass is 9.36. The van der Waals surface area contributed by atoms with Gasteiger partial charge in [0.25, 0.3) is 0 Å². The molecular formula is C22H30O6. The van der Waals surface area contributed by atoms with Gasteiger partial charge >= 0.3 is 5.97 Å². The van der Waals surface area contributed by atoms with Crippen LogP contribution in [0.2, 0.25) is 0 Å². The third kappa shape index (κ3) is 1.81. The summed E-state index contributed by atoms with van der Waals surface area (Å²) < 4.78 is 11.8. The number of ether oxygens (including phenoxy) is 2. The minimum Gasteiger partial charge on any atom is -0.462 e. The second kappa shape index (κ2) is 5.27. The van der Waals surface area contributed by atoms with Crippen molar-refractivity contribution < 1.29 is 29.3 Å². The van der Waals surface area contributed by atoms with E-state index >= 15 is 0 Å². The van der Waals surface area contributed by atoms with Gasteiger partial charge in [0.1, 0.15) is 12.2 Å². The summed E-state index contributed by atoms with van der Waals surface area (Å²) in [6, 6.07) is 0. The Bertz CT molecular complexity index is 788. The summed E-state index contributed by atoms with van der Waals surface area (Å²) in [6.07, 6.45) is 2.03. The number of ketones is 1. The molecule has 8 atom stereocenters. The first-order valence-electron chi connectivity index (χ1n) is 10.5. The number of esters is 1. The molecule has 0 aromatic carbocycles. The Kier molecular flexibility index (Phi) is 3.53. The van der Waals surface area contributed by atoms with Crippen LogP contribution in [-0.2, 0) is 19.1 Å². The van der Waals surface area contributed by atoms with Crippen molar-refractivity contribution in [1.29, 1.82) is 0 Å². The first kappa shape index (κ1) is 18.8. The molecule has 2 saturated heterocycles. The smallest absolute Gasteiger partial charge is 0.302 e. The van der Waals surface area contributed by atoms with Gasteiger partial charge in [0.05, 0.1) is 12.0 Å². The Hall–Kier alpha value is -1.24. The van der Waals surface area contributed by atoms with Crippen LogP contribution in [0.5, 0.6) is 0 Å². The standard InChI is InChI=1S/C22H30O6/c1-11-13-8-14(28-12(2)23)15-20-7-5-6-19(3,4)16(20)18(25)22(26,27-10-20)21(15,9-13)17(11)24/h13-16,18,25-26H,1,5-10H2,2-4H3/t13?,14-,15+,16-,18+,20-,21+,22?/m1/s1. The summed E-state index contributed by atoms with van der Waals surface area (Å²) in [7, 11) is 0. The van der Waals surface area contributed by atoms with Crippen LogP contribution in [0.3, 0.4) is 0 Å². The minimum absolute atomic E-state index is 0.154. The van der Waals surface area contributed by atoms with Crippen molar-refractivity contribution in [3.63, 3.8) is 0 Å². The van der Waals surface area contributed by atoms with Gasteiger partial charge in [-0.1, -0.05) is 26.8 Å². The molecule has 4 bridgehead atoms. The number of hydrogen-bond donors (Lipinski definition) is 2.